The minimum absolute atomic E-state index is 0.212. The summed E-state index contributed by atoms with van der Waals surface area (Å²) in [5.74, 6) is -1.10. The van der Waals surface area contributed by atoms with Crippen LogP contribution in [0, 0.1) is 36.2 Å². The van der Waals surface area contributed by atoms with Crippen LogP contribution in [0.3, 0.4) is 0 Å². The normalized spacial score (nSPS) is 17.6. The Morgan fingerprint density at radius 2 is 1.74 bits per heavy atom. The zero-order valence-electron chi connectivity index (χ0n) is 18.6. The molecule has 2 aromatic carbocycles. The van der Waals surface area contributed by atoms with E-state index in [0.29, 0.717) is 41.6 Å². The number of amides is 1. The van der Waals surface area contributed by atoms with Gasteiger partial charge in [0.05, 0.1) is 5.52 Å². The highest BCUT2D eigenvalue weighted by Gasteiger charge is 2.31. The Morgan fingerprint density at radius 3 is 2.44 bits per heavy atom. The van der Waals surface area contributed by atoms with Gasteiger partial charge in [-0.05, 0) is 91.6 Å². The van der Waals surface area contributed by atoms with Crippen LogP contribution in [0.1, 0.15) is 34.6 Å². The highest BCUT2D eigenvalue weighted by atomic mass is 19.1. The highest BCUT2D eigenvalue weighted by Crippen LogP contribution is 2.40. The SMILES string of the molecule is Cc1ccc(C(=O)NNCC2CC(Cc3c(-c4ccc(F)cc4)[nH]c4c(F)cc(F)cc34)C2)[nH]1. The Hall–Kier alpha value is -3.52. The average Bonchev–Trinajstić information content (AvgIpc) is 3.36. The minimum Gasteiger partial charge on any atom is -0.355 e. The smallest absolute Gasteiger partial charge is 0.281 e. The number of rotatable bonds is 7. The van der Waals surface area contributed by atoms with Crippen molar-refractivity contribution in [2.24, 2.45) is 11.8 Å². The maximum atomic E-state index is 14.5. The molecule has 0 unspecified atom stereocenters. The molecule has 176 valence electrons. The molecule has 2 aromatic heterocycles. The summed E-state index contributed by atoms with van der Waals surface area (Å²) in [6.07, 6.45) is 2.51. The molecule has 1 amide bonds. The van der Waals surface area contributed by atoms with E-state index in [4.69, 9.17) is 0 Å². The average molecular weight is 467 g/mol. The lowest BCUT2D eigenvalue weighted by Crippen LogP contribution is -2.43. The quantitative estimate of drug-likeness (QED) is 0.276. The fraction of sp³-hybridized carbons (Fsp3) is 0.269. The maximum absolute atomic E-state index is 14.5. The molecule has 1 saturated carbocycles. The topological polar surface area (TPSA) is 72.7 Å². The Labute approximate surface area is 194 Å². The molecule has 0 saturated heterocycles. The van der Waals surface area contributed by atoms with Gasteiger partial charge in [0, 0.05) is 29.4 Å². The fourth-order valence-corrected chi connectivity index (χ4v) is 4.82. The minimum atomic E-state index is -0.645. The number of aromatic nitrogens is 2. The van der Waals surface area contributed by atoms with Crippen LogP contribution in [-0.2, 0) is 6.42 Å². The van der Waals surface area contributed by atoms with E-state index in [9.17, 15) is 18.0 Å². The first-order chi connectivity index (χ1) is 16.4. The van der Waals surface area contributed by atoms with Crippen molar-refractivity contribution in [3.63, 3.8) is 0 Å². The Morgan fingerprint density at radius 1 is 0.971 bits per heavy atom. The Bertz CT molecular complexity index is 1340. The first-order valence-corrected chi connectivity index (χ1v) is 11.3. The fourth-order valence-electron chi connectivity index (χ4n) is 4.82. The van der Waals surface area contributed by atoms with Crippen LogP contribution in [0.15, 0.2) is 48.5 Å². The van der Waals surface area contributed by atoms with Gasteiger partial charge in [0.15, 0.2) is 0 Å². The van der Waals surface area contributed by atoms with Crippen molar-refractivity contribution in [2.45, 2.75) is 26.2 Å². The molecule has 8 heteroatoms. The summed E-state index contributed by atoms with van der Waals surface area (Å²) < 4.78 is 41.9. The van der Waals surface area contributed by atoms with E-state index in [2.05, 4.69) is 20.8 Å². The lowest BCUT2D eigenvalue weighted by atomic mass is 9.72. The van der Waals surface area contributed by atoms with Crippen LogP contribution in [0.5, 0.6) is 0 Å². The van der Waals surface area contributed by atoms with Gasteiger partial charge in [-0.2, -0.15) is 0 Å². The second kappa shape index (κ2) is 9.02. The van der Waals surface area contributed by atoms with Gasteiger partial charge in [-0.15, -0.1) is 0 Å². The summed E-state index contributed by atoms with van der Waals surface area (Å²) in [6, 6.07) is 11.8. The lowest BCUT2D eigenvalue weighted by molar-refractivity contribution is 0.0915. The molecule has 1 fully saturated rings. The standard InChI is InChI=1S/C26H25F3N4O/c1-14-2-7-23(31-14)26(34)33-30-13-16-8-15(9-16)10-20-21-11-19(28)12-22(29)25(21)32-24(20)17-3-5-18(27)6-4-17/h2-7,11-12,15-16,30-32H,8-10,13H2,1H3,(H,33,34). The van der Waals surface area contributed by atoms with E-state index in [1.165, 1.54) is 18.2 Å². The number of carbonyl (C=O) groups excluding carboxylic acids is 1. The molecule has 4 aromatic rings. The van der Waals surface area contributed by atoms with Crippen molar-refractivity contribution in [1.29, 1.82) is 0 Å². The molecule has 5 nitrogen and oxygen atoms in total. The van der Waals surface area contributed by atoms with Crippen molar-refractivity contribution in [1.82, 2.24) is 20.8 Å². The first kappa shape index (κ1) is 22.3. The molecule has 34 heavy (non-hydrogen) atoms. The van der Waals surface area contributed by atoms with Gasteiger partial charge in [0.2, 0.25) is 0 Å². The van der Waals surface area contributed by atoms with Crippen LogP contribution in [0.4, 0.5) is 13.2 Å². The molecule has 1 aliphatic rings. The largest absolute Gasteiger partial charge is 0.355 e. The second-order valence-electron chi connectivity index (χ2n) is 9.09. The summed E-state index contributed by atoms with van der Waals surface area (Å²) in [5.41, 5.74) is 9.65. The van der Waals surface area contributed by atoms with Crippen molar-refractivity contribution in [3.8, 4) is 11.3 Å². The molecule has 4 N–H and O–H groups in total. The van der Waals surface area contributed by atoms with Gasteiger partial charge >= 0.3 is 0 Å². The van der Waals surface area contributed by atoms with Gasteiger partial charge in [0.1, 0.15) is 23.1 Å². The number of hydrogen-bond acceptors (Lipinski definition) is 2. The van der Waals surface area contributed by atoms with Crippen LogP contribution < -0.4 is 10.9 Å². The second-order valence-corrected chi connectivity index (χ2v) is 9.09. The third-order valence-electron chi connectivity index (χ3n) is 6.56. The van der Waals surface area contributed by atoms with E-state index < -0.39 is 11.6 Å². The monoisotopic (exact) mass is 466 g/mol. The third-order valence-corrected chi connectivity index (χ3v) is 6.56. The Balaban J connectivity index is 1.26. The molecule has 0 bridgehead atoms. The predicted molar refractivity (Wildman–Crippen MR) is 125 cm³/mol. The molecule has 0 aliphatic heterocycles. The van der Waals surface area contributed by atoms with E-state index in [1.807, 2.05) is 13.0 Å². The number of H-pyrrole nitrogens is 2. The van der Waals surface area contributed by atoms with Gasteiger partial charge in [-0.1, -0.05) is 0 Å². The number of benzene rings is 2. The molecule has 0 spiro atoms. The van der Waals surface area contributed by atoms with Crippen molar-refractivity contribution in [3.05, 3.63) is 82.9 Å². The lowest BCUT2D eigenvalue weighted by Gasteiger charge is -2.35. The van der Waals surface area contributed by atoms with E-state index in [-0.39, 0.29) is 17.2 Å². The van der Waals surface area contributed by atoms with Crippen LogP contribution in [0.25, 0.3) is 22.2 Å². The van der Waals surface area contributed by atoms with Crippen LogP contribution in [-0.4, -0.2) is 22.4 Å². The number of carbonyl (C=O) groups is 1. The van der Waals surface area contributed by atoms with E-state index in [0.717, 1.165) is 35.7 Å². The molecule has 1 aliphatic carbocycles. The van der Waals surface area contributed by atoms with E-state index >= 15 is 0 Å². The maximum Gasteiger partial charge on any atom is 0.281 e. The molecule has 0 radical (unpaired) electrons. The highest BCUT2D eigenvalue weighted by molar-refractivity contribution is 5.92. The summed E-state index contributed by atoms with van der Waals surface area (Å²) in [6.45, 7) is 2.53. The first-order valence-electron chi connectivity index (χ1n) is 11.3. The van der Waals surface area contributed by atoms with Crippen molar-refractivity contribution < 1.29 is 18.0 Å². The number of nitrogens with one attached hydrogen (secondary N) is 4. The van der Waals surface area contributed by atoms with Gasteiger partial charge in [0.25, 0.3) is 5.91 Å². The third kappa shape index (κ3) is 4.46. The summed E-state index contributed by atoms with van der Waals surface area (Å²) >= 11 is 0. The summed E-state index contributed by atoms with van der Waals surface area (Å²) in [4.78, 5) is 18.2. The molecule has 2 heterocycles. The zero-order chi connectivity index (χ0) is 23.8. The molecule has 5 rings (SSSR count). The number of aromatic amines is 2. The molecule has 0 atom stereocenters. The number of fused-ring (bicyclic) bond motifs is 1. The predicted octanol–water partition coefficient (Wildman–Crippen LogP) is 5.39. The summed E-state index contributed by atoms with van der Waals surface area (Å²) in [7, 11) is 0. The van der Waals surface area contributed by atoms with Crippen LogP contribution in [0.2, 0.25) is 0 Å². The van der Waals surface area contributed by atoms with Crippen LogP contribution >= 0.6 is 0 Å². The summed E-state index contributed by atoms with van der Waals surface area (Å²) in [5, 5.41) is 0.520. The number of hydrogen-bond donors (Lipinski definition) is 4. The number of halogens is 3. The number of hydrazine groups is 1. The molecular formula is C26H25F3N4O. The number of aryl methyl sites for hydroxylation is 1. The van der Waals surface area contributed by atoms with Crippen molar-refractivity contribution >= 4 is 16.8 Å². The van der Waals surface area contributed by atoms with Crippen molar-refractivity contribution in [2.75, 3.05) is 6.54 Å². The molecular weight excluding hydrogens is 441 g/mol. The van der Waals surface area contributed by atoms with Gasteiger partial charge in [-0.3, -0.25) is 10.2 Å². The zero-order valence-corrected chi connectivity index (χ0v) is 18.6. The Kier molecular flexibility index (Phi) is 5.91. The van der Waals surface area contributed by atoms with Gasteiger partial charge in [-0.25, -0.2) is 18.6 Å². The van der Waals surface area contributed by atoms with Gasteiger partial charge < -0.3 is 9.97 Å². The van der Waals surface area contributed by atoms with E-state index in [1.54, 1.807) is 18.2 Å².